The first kappa shape index (κ1) is 16.9. The van der Waals surface area contributed by atoms with Crippen molar-refractivity contribution < 1.29 is 0 Å². The number of nitrogens with two attached hydrogens (primary N) is 1. The topological polar surface area (TPSA) is 51.3 Å². The Hall–Kier alpha value is -1.95. The largest absolute Gasteiger partial charge is 0.329 e. The van der Waals surface area contributed by atoms with Crippen LogP contribution in [-0.4, -0.2) is 29.1 Å². The molecule has 0 aliphatic rings. The first-order valence-electron chi connectivity index (χ1n) is 8.22. The van der Waals surface area contributed by atoms with Crippen molar-refractivity contribution in [3.8, 4) is 0 Å². The van der Waals surface area contributed by atoms with Gasteiger partial charge in [0.2, 0.25) is 0 Å². The molecule has 0 spiro atoms. The molecule has 3 aromatic rings. The van der Waals surface area contributed by atoms with E-state index in [4.69, 9.17) is 5.73 Å². The molecule has 0 saturated heterocycles. The molecule has 5 heteroatoms. The quantitative estimate of drug-likeness (QED) is 0.719. The molecule has 0 radical (unpaired) electrons. The van der Waals surface area contributed by atoms with Crippen molar-refractivity contribution in [3.05, 3.63) is 69.3 Å². The van der Waals surface area contributed by atoms with Crippen LogP contribution in [0.4, 0.5) is 0 Å². The summed E-state index contributed by atoms with van der Waals surface area (Å²) in [6, 6.07) is 16.8. The highest BCUT2D eigenvalue weighted by Gasteiger charge is 2.09. The van der Waals surface area contributed by atoms with Gasteiger partial charge in [-0.3, -0.25) is 9.69 Å². The number of hydrogen-bond donors (Lipinski definition) is 1. The minimum Gasteiger partial charge on any atom is -0.329 e. The van der Waals surface area contributed by atoms with Gasteiger partial charge in [0.1, 0.15) is 0 Å². The van der Waals surface area contributed by atoms with E-state index in [1.54, 1.807) is 4.57 Å². The van der Waals surface area contributed by atoms with Gasteiger partial charge in [-0.05, 0) is 29.7 Å². The van der Waals surface area contributed by atoms with E-state index < -0.39 is 0 Å². The number of hydrogen-bond acceptors (Lipinski definition) is 4. The maximum Gasteiger partial charge on any atom is 0.307 e. The number of nitrogens with zero attached hydrogens (tertiary/aromatic N) is 2. The summed E-state index contributed by atoms with van der Waals surface area (Å²) in [5, 5.41) is 0. The molecule has 0 atom stereocenters. The monoisotopic (exact) mass is 341 g/mol. The van der Waals surface area contributed by atoms with Gasteiger partial charge in [0, 0.05) is 33.2 Å². The van der Waals surface area contributed by atoms with Crippen molar-refractivity contribution in [2.75, 3.05) is 19.6 Å². The van der Waals surface area contributed by atoms with Crippen molar-refractivity contribution in [2.45, 2.75) is 13.0 Å². The average molecular weight is 341 g/mol. The minimum atomic E-state index is 0.0880. The van der Waals surface area contributed by atoms with Crippen molar-refractivity contribution in [1.29, 1.82) is 0 Å². The Morgan fingerprint density at radius 2 is 1.88 bits per heavy atom. The second-order valence-corrected chi connectivity index (χ2v) is 7.02. The van der Waals surface area contributed by atoms with E-state index in [1.807, 2.05) is 19.2 Å². The third kappa shape index (κ3) is 3.93. The van der Waals surface area contributed by atoms with Crippen molar-refractivity contribution in [3.63, 3.8) is 0 Å². The fourth-order valence-corrected chi connectivity index (χ4v) is 3.86. The molecule has 3 rings (SSSR count). The van der Waals surface area contributed by atoms with Gasteiger partial charge in [0.05, 0.1) is 10.2 Å². The lowest BCUT2D eigenvalue weighted by molar-refractivity contribution is 0.276. The normalized spacial score (nSPS) is 11.5. The molecule has 0 unspecified atom stereocenters. The molecule has 0 bridgehead atoms. The van der Waals surface area contributed by atoms with E-state index in [0.29, 0.717) is 6.54 Å². The number of benzene rings is 2. The van der Waals surface area contributed by atoms with Crippen LogP contribution in [0.25, 0.3) is 10.2 Å². The molecular formula is C19H23N3OS. The Labute approximate surface area is 146 Å². The smallest absolute Gasteiger partial charge is 0.307 e. The number of fused-ring (bicyclic) bond motifs is 1. The fourth-order valence-electron chi connectivity index (χ4n) is 2.92. The molecule has 126 valence electrons. The third-order valence-electron chi connectivity index (χ3n) is 4.27. The van der Waals surface area contributed by atoms with Crippen LogP contribution in [-0.2, 0) is 20.0 Å². The minimum absolute atomic E-state index is 0.0880. The molecule has 1 aromatic heterocycles. The maximum absolute atomic E-state index is 11.8. The van der Waals surface area contributed by atoms with Gasteiger partial charge in [-0.1, -0.05) is 47.7 Å². The molecule has 0 saturated carbocycles. The predicted octanol–water partition coefficient (Wildman–Crippen LogP) is 2.60. The van der Waals surface area contributed by atoms with E-state index in [1.165, 1.54) is 22.5 Å². The van der Waals surface area contributed by atoms with Crippen LogP contribution in [0.5, 0.6) is 0 Å². The molecule has 0 aliphatic carbocycles. The van der Waals surface area contributed by atoms with Gasteiger partial charge in [0.15, 0.2) is 0 Å². The van der Waals surface area contributed by atoms with Gasteiger partial charge < -0.3 is 10.3 Å². The van der Waals surface area contributed by atoms with E-state index >= 15 is 0 Å². The maximum atomic E-state index is 11.8. The summed E-state index contributed by atoms with van der Waals surface area (Å²) < 4.78 is 2.76. The standard InChI is InChI=1S/C19H23N3OS/c1-21-17-8-7-16(13-18(17)24-19(21)23)14-22(12-10-20)11-9-15-5-3-2-4-6-15/h2-8,13H,9-12,14,20H2,1H3. The zero-order valence-corrected chi connectivity index (χ0v) is 14.8. The summed E-state index contributed by atoms with van der Waals surface area (Å²) in [7, 11) is 1.82. The summed E-state index contributed by atoms with van der Waals surface area (Å²) in [5.74, 6) is 0. The van der Waals surface area contributed by atoms with Gasteiger partial charge in [0.25, 0.3) is 0 Å². The zero-order chi connectivity index (χ0) is 16.9. The number of aromatic nitrogens is 1. The SMILES string of the molecule is Cn1c(=O)sc2cc(CN(CCN)CCc3ccccc3)ccc21. The summed E-state index contributed by atoms with van der Waals surface area (Å²) in [6.45, 7) is 3.35. The predicted molar refractivity (Wildman–Crippen MR) is 102 cm³/mol. The van der Waals surface area contributed by atoms with Crippen LogP contribution in [0, 0.1) is 0 Å². The Balaban J connectivity index is 1.71. The third-order valence-corrected chi connectivity index (χ3v) is 5.26. The molecule has 0 amide bonds. The highest BCUT2D eigenvalue weighted by atomic mass is 32.1. The summed E-state index contributed by atoms with van der Waals surface area (Å²) in [5.41, 5.74) is 9.36. The zero-order valence-electron chi connectivity index (χ0n) is 13.9. The molecule has 1 heterocycles. The molecule has 2 aromatic carbocycles. The molecule has 24 heavy (non-hydrogen) atoms. The van der Waals surface area contributed by atoms with Crippen LogP contribution in [0.2, 0.25) is 0 Å². The molecule has 2 N–H and O–H groups in total. The molecule has 4 nitrogen and oxygen atoms in total. The molecule has 0 aliphatic heterocycles. The van der Waals surface area contributed by atoms with Crippen LogP contribution >= 0.6 is 11.3 Å². The van der Waals surface area contributed by atoms with Gasteiger partial charge in [-0.25, -0.2) is 0 Å². The second-order valence-electron chi connectivity index (χ2n) is 6.03. The molecule has 0 fully saturated rings. The van der Waals surface area contributed by atoms with Crippen molar-refractivity contribution >= 4 is 21.6 Å². The summed E-state index contributed by atoms with van der Waals surface area (Å²) in [6.07, 6.45) is 1.02. The van der Waals surface area contributed by atoms with E-state index in [2.05, 4.69) is 41.3 Å². The summed E-state index contributed by atoms with van der Waals surface area (Å²) >= 11 is 1.31. The lowest BCUT2D eigenvalue weighted by Gasteiger charge is -2.21. The van der Waals surface area contributed by atoms with E-state index in [9.17, 15) is 4.79 Å². The van der Waals surface area contributed by atoms with Crippen LogP contribution in [0.1, 0.15) is 11.1 Å². The van der Waals surface area contributed by atoms with E-state index in [0.717, 1.165) is 36.3 Å². The second kappa shape index (κ2) is 7.75. The first-order chi connectivity index (χ1) is 11.7. The lowest BCUT2D eigenvalue weighted by atomic mass is 10.1. The van der Waals surface area contributed by atoms with Crippen molar-refractivity contribution in [2.24, 2.45) is 12.8 Å². The van der Waals surface area contributed by atoms with Gasteiger partial charge in [-0.15, -0.1) is 0 Å². The first-order valence-corrected chi connectivity index (χ1v) is 9.04. The van der Waals surface area contributed by atoms with Crippen LogP contribution in [0.15, 0.2) is 53.3 Å². The number of aryl methyl sites for hydroxylation is 1. The van der Waals surface area contributed by atoms with Crippen LogP contribution < -0.4 is 10.6 Å². The van der Waals surface area contributed by atoms with E-state index in [-0.39, 0.29) is 4.87 Å². The average Bonchev–Trinajstić information content (AvgIpc) is 2.88. The Kier molecular flexibility index (Phi) is 5.45. The Morgan fingerprint density at radius 3 is 2.62 bits per heavy atom. The number of rotatable bonds is 7. The lowest BCUT2D eigenvalue weighted by Crippen LogP contribution is -2.31. The van der Waals surface area contributed by atoms with Gasteiger partial charge >= 0.3 is 4.87 Å². The highest BCUT2D eigenvalue weighted by molar-refractivity contribution is 7.16. The highest BCUT2D eigenvalue weighted by Crippen LogP contribution is 2.19. The Morgan fingerprint density at radius 1 is 1.08 bits per heavy atom. The van der Waals surface area contributed by atoms with Crippen molar-refractivity contribution in [1.82, 2.24) is 9.47 Å². The van der Waals surface area contributed by atoms with Gasteiger partial charge in [-0.2, -0.15) is 0 Å². The fraction of sp³-hybridized carbons (Fsp3) is 0.316. The van der Waals surface area contributed by atoms with Crippen LogP contribution in [0.3, 0.4) is 0 Å². The summed E-state index contributed by atoms with van der Waals surface area (Å²) in [4.78, 5) is 14.3. The Bertz CT molecular complexity index is 854. The number of thiazole rings is 1. The molecular weight excluding hydrogens is 318 g/mol.